The summed E-state index contributed by atoms with van der Waals surface area (Å²) in [7, 11) is 1.89. The summed E-state index contributed by atoms with van der Waals surface area (Å²) in [5.74, 6) is 0.342. The van der Waals surface area contributed by atoms with Gasteiger partial charge in [0, 0.05) is 30.1 Å². The predicted molar refractivity (Wildman–Crippen MR) is 108 cm³/mol. The van der Waals surface area contributed by atoms with Crippen LogP contribution in [0.15, 0.2) is 28.4 Å². The number of guanidine groups is 1. The second-order valence-corrected chi connectivity index (χ2v) is 8.98. The van der Waals surface area contributed by atoms with Gasteiger partial charge in [-0.05, 0) is 56.6 Å². The number of aliphatic carboxylic acids is 1. The van der Waals surface area contributed by atoms with Crippen LogP contribution < -0.4 is 11.1 Å². The van der Waals surface area contributed by atoms with Gasteiger partial charge in [-0.1, -0.05) is 13.0 Å². The lowest BCUT2D eigenvalue weighted by atomic mass is 9.49. The van der Waals surface area contributed by atoms with Gasteiger partial charge < -0.3 is 26.2 Å². The zero-order chi connectivity index (χ0) is 20.1. The van der Waals surface area contributed by atoms with Gasteiger partial charge in [-0.15, -0.1) is 0 Å². The third-order valence-corrected chi connectivity index (χ3v) is 8.00. The largest absolute Gasteiger partial charge is 0.478 e. The molecule has 1 heterocycles. The summed E-state index contributed by atoms with van der Waals surface area (Å²) in [5.41, 5.74) is 7.25. The summed E-state index contributed by atoms with van der Waals surface area (Å²) in [6.45, 7) is 4.38. The first-order chi connectivity index (χ1) is 13.4. The lowest BCUT2D eigenvalue weighted by Gasteiger charge is -2.57. The van der Waals surface area contributed by atoms with Crippen LogP contribution in [0.3, 0.4) is 0 Å². The molecular formula is C21H32N4O3. The van der Waals surface area contributed by atoms with E-state index < -0.39 is 12.1 Å². The third kappa shape index (κ3) is 2.48. The Morgan fingerprint density at radius 2 is 2.25 bits per heavy atom. The summed E-state index contributed by atoms with van der Waals surface area (Å²) >= 11 is 0. The number of carbonyl (C=O) groups is 1. The number of aliphatic imine (C=N–C) groups is 1. The maximum absolute atomic E-state index is 11.9. The zero-order valence-corrected chi connectivity index (χ0v) is 16.8. The smallest absolute Gasteiger partial charge is 0.334 e. The molecule has 28 heavy (non-hydrogen) atoms. The van der Waals surface area contributed by atoms with E-state index in [-0.39, 0.29) is 16.4 Å². The number of aliphatic hydroxyl groups is 1. The molecule has 0 aromatic rings. The molecule has 1 aliphatic heterocycles. The number of rotatable bonds is 4. The molecule has 0 aromatic heterocycles. The molecule has 3 aliphatic carbocycles. The second-order valence-electron chi connectivity index (χ2n) is 8.98. The SMILES string of the molecule is CNCCN=C(N)N1C=CCC2(C1)C1CCC(C)C23CC(O)C(C(=O)O)=C3C1. The topological polar surface area (TPSA) is 111 Å². The Balaban J connectivity index is 1.75. The minimum Gasteiger partial charge on any atom is -0.478 e. The van der Waals surface area contributed by atoms with Crippen LogP contribution >= 0.6 is 0 Å². The minimum absolute atomic E-state index is 0.0872. The van der Waals surface area contributed by atoms with E-state index in [1.54, 1.807) is 0 Å². The first kappa shape index (κ1) is 19.5. The molecule has 2 fully saturated rings. The number of carboxylic acids is 1. The van der Waals surface area contributed by atoms with Gasteiger partial charge in [0.1, 0.15) is 0 Å². The molecule has 2 saturated carbocycles. The fourth-order valence-electron chi connectivity index (χ4n) is 6.87. The van der Waals surface area contributed by atoms with E-state index in [1.807, 2.05) is 18.1 Å². The van der Waals surface area contributed by atoms with Gasteiger partial charge in [-0.2, -0.15) is 0 Å². The van der Waals surface area contributed by atoms with Crippen molar-refractivity contribution in [2.24, 2.45) is 33.4 Å². The molecule has 0 aromatic carbocycles. The molecule has 2 spiro atoms. The Hall–Kier alpha value is -1.86. The summed E-state index contributed by atoms with van der Waals surface area (Å²) in [6, 6.07) is 0. The highest BCUT2D eigenvalue weighted by molar-refractivity contribution is 5.90. The molecule has 5 N–H and O–H groups in total. The molecule has 4 aliphatic rings. The van der Waals surface area contributed by atoms with Crippen molar-refractivity contribution in [3.05, 3.63) is 23.4 Å². The highest BCUT2D eigenvalue weighted by atomic mass is 16.4. The molecular weight excluding hydrogens is 356 g/mol. The Bertz CT molecular complexity index is 761. The van der Waals surface area contributed by atoms with E-state index in [2.05, 4.69) is 23.3 Å². The van der Waals surface area contributed by atoms with Crippen LogP contribution in [0.4, 0.5) is 0 Å². The van der Waals surface area contributed by atoms with Gasteiger partial charge in [-0.3, -0.25) is 4.99 Å². The van der Waals surface area contributed by atoms with Gasteiger partial charge in [0.25, 0.3) is 0 Å². The molecule has 4 rings (SSSR count). The maximum Gasteiger partial charge on any atom is 0.334 e. The molecule has 2 bridgehead atoms. The first-order valence-electron chi connectivity index (χ1n) is 10.4. The van der Waals surface area contributed by atoms with Crippen LogP contribution in [-0.2, 0) is 4.79 Å². The van der Waals surface area contributed by atoms with E-state index in [0.717, 1.165) is 44.3 Å². The van der Waals surface area contributed by atoms with Crippen LogP contribution in [0.1, 0.15) is 39.0 Å². The van der Waals surface area contributed by atoms with Crippen molar-refractivity contribution in [3.63, 3.8) is 0 Å². The summed E-state index contributed by atoms with van der Waals surface area (Å²) in [5, 5.41) is 23.6. The lowest BCUT2D eigenvalue weighted by Crippen LogP contribution is -2.57. The molecule has 0 amide bonds. The van der Waals surface area contributed by atoms with Crippen molar-refractivity contribution in [2.45, 2.75) is 45.1 Å². The van der Waals surface area contributed by atoms with Gasteiger partial charge in [-0.25, -0.2) is 4.79 Å². The number of nitrogens with one attached hydrogen (secondary N) is 1. The Kier molecular flexibility index (Phi) is 4.78. The maximum atomic E-state index is 11.9. The highest BCUT2D eigenvalue weighted by Crippen LogP contribution is 2.74. The summed E-state index contributed by atoms with van der Waals surface area (Å²) < 4.78 is 0. The first-order valence-corrected chi connectivity index (χ1v) is 10.4. The van der Waals surface area contributed by atoms with Crippen LogP contribution in [-0.4, -0.2) is 59.8 Å². The average Bonchev–Trinajstić information content (AvgIpc) is 3.02. The van der Waals surface area contributed by atoms with E-state index in [9.17, 15) is 15.0 Å². The second kappa shape index (κ2) is 6.88. The standard InChI is InChI=1S/C21H32N4O3/c1-13-4-5-14-10-15-17(18(27)28)16(26)11-21(13,15)20(14)6-3-9-25(12-20)19(22)24-8-7-23-2/h3,9,13-14,16,23,26H,4-8,10-12H2,1-2H3,(H2,22,24)(H,27,28). The van der Waals surface area contributed by atoms with E-state index in [4.69, 9.17) is 5.73 Å². The number of carboxylic acid groups (broad SMARTS) is 1. The number of hydrogen-bond acceptors (Lipinski definition) is 4. The van der Waals surface area contributed by atoms with Crippen LogP contribution in [0.2, 0.25) is 0 Å². The fourth-order valence-corrected chi connectivity index (χ4v) is 6.87. The zero-order valence-electron chi connectivity index (χ0n) is 16.8. The van der Waals surface area contributed by atoms with Crippen molar-refractivity contribution in [3.8, 4) is 0 Å². The molecule has 0 saturated heterocycles. The number of allylic oxidation sites excluding steroid dienone is 2. The minimum atomic E-state index is -0.953. The predicted octanol–water partition coefficient (Wildman–Crippen LogP) is 1.31. The van der Waals surface area contributed by atoms with Crippen molar-refractivity contribution >= 4 is 11.9 Å². The van der Waals surface area contributed by atoms with E-state index in [1.165, 1.54) is 0 Å². The van der Waals surface area contributed by atoms with Gasteiger partial charge >= 0.3 is 5.97 Å². The molecule has 154 valence electrons. The fraction of sp³-hybridized carbons (Fsp3) is 0.714. The molecule has 7 nitrogen and oxygen atoms in total. The lowest BCUT2D eigenvalue weighted by molar-refractivity contribution is -0.133. The molecule has 0 radical (unpaired) electrons. The van der Waals surface area contributed by atoms with Crippen molar-refractivity contribution in [1.82, 2.24) is 10.2 Å². The average molecular weight is 389 g/mol. The quantitative estimate of drug-likeness (QED) is 0.328. The molecule has 5 unspecified atom stereocenters. The van der Waals surface area contributed by atoms with Crippen LogP contribution in [0.5, 0.6) is 0 Å². The number of likely N-dealkylation sites (N-methyl/N-ethyl adjacent to an activating group) is 1. The van der Waals surface area contributed by atoms with Crippen LogP contribution in [0, 0.1) is 22.7 Å². The Morgan fingerprint density at radius 3 is 2.96 bits per heavy atom. The molecule has 7 heteroatoms. The van der Waals surface area contributed by atoms with Gasteiger partial charge in [0.15, 0.2) is 5.96 Å². The summed E-state index contributed by atoms with van der Waals surface area (Å²) in [4.78, 5) is 18.5. The van der Waals surface area contributed by atoms with Crippen molar-refractivity contribution < 1.29 is 15.0 Å². The van der Waals surface area contributed by atoms with E-state index in [0.29, 0.717) is 30.8 Å². The normalized spacial score (nSPS) is 39.8. The van der Waals surface area contributed by atoms with E-state index >= 15 is 0 Å². The van der Waals surface area contributed by atoms with Crippen LogP contribution in [0.25, 0.3) is 0 Å². The number of nitrogens with two attached hydrogens (primary N) is 1. The molecule has 5 atom stereocenters. The Labute approximate surface area is 166 Å². The number of aliphatic hydroxyl groups excluding tert-OH is 1. The van der Waals surface area contributed by atoms with Crippen molar-refractivity contribution in [2.75, 3.05) is 26.7 Å². The Morgan fingerprint density at radius 1 is 1.46 bits per heavy atom. The van der Waals surface area contributed by atoms with Gasteiger partial charge in [0.05, 0.1) is 18.2 Å². The number of nitrogens with zero attached hydrogens (tertiary/aromatic N) is 2. The number of hydrogen-bond donors (Lipinski definition) is 4. The monoisotopic (exact) mass is 388 g/mol. The van der Waals surface area contributed by atoms with Crippen molar-refractivity contribution in [1.29, 1.82) is 0 Å². The van der Waals surface area contributed by atoms with Gasteiger partial charge in [0.2, 0.25) is 0 Å². The highest BCUT2D eigenvalue weighted by Gasteiger charge is 2.70. The third-order valence-electron chi connectivity index (χ3n) is 8.00. The summed E-state index contributed by atoms with van der Waals surface area (Å²) in [6.07, 6.45) is 7.74.